The summed E-state index contributed by atoms with van der Waals surface area (Å²) in [6, 6.07) is 16.6. The average Bonchev–Trinajstić information content (AvgIpc) is 2.56. The van der Waals surface area contributed by atoms with Crippen LogP contribution in [-0.4, -0.2) is 29.9 Å². The van der Waals surface area contributed by atoms with E-state index >= 15 is 0 Å². The lowest BCUT2D eigenvalue weighted by molar-refractivity contribution is -0.129. The fourth-order valence-electron chi connectivity index (χ4n) is 3.08. The minimum absolute atomic E-state index is 0.169. The number of benzene rings is 2. The van der Waals surface area contributed by atoms with E-state index in [4.69, 9.17) is 11.6 Å². The van der Waals surface area contributed by atoms with E-state index in [0.29, 0.717) is 6.04 Å². The van der Waals surface area contributed by atoms with Crippen molar-refractivity contribution in [3.8, 4) is 11.1 Å². The number of anilines is 1. The summed E-state index contributed by atoms with van der Waals surface area (Å²) in [6.45, 7) is 3.29. The summed E-state index contributed by atoms with van der Waals surface area (Å²) in [5.74, 6) is 0.169. The number of likely N-dealkylation sites (tertiary alicyclic amines) is 1. The van der Waals surface area contributed by atoms with E-state index in [2.05, 4.69) is 23.5 Å². The monoisotopic (exact) mass is 328 g/mol. The average molecular weight is 329 g/mol. The molecule has 23 heavy (non-hydrogen) atoms. The van der Waals surface area contributed by atoms with Crippen molar-refractivity contribution in [1.82, 2.24) is 4.90 Å². The van der Waals surface area contributed by atoms with Crippen molar-refractivity contribution in [3.05, 3.63) is 53.6 Å². The summed E-state index contributed by atoms with van der Waals surface area (Å²) in [5, 5.41) is 4.39. The Morgan fingerprint density at radius 1 is 1.13 bits per heavy atom. The molecule has 3 rings (SSSR count). The highest BCUT2D eigenvalue weighted by atomic mass is 35.5. The molecule has 0 saturated carbocycles. The number of nitrogens with zero attached hydrogens (tertiary/aromatic N) is 1. The van der Waals surface area contributed by atoms with Crippen LogP contribution in [0, 0.1) is 0 Å². The predicted octanol–water partition coefficient (Wildman–Crippen LogP) is 4.43. The molecular formula is C19H21ClN2O. The van der Waals surface area contributed by atoms with Crippen LogP contribution >= 0.6 is 11.6 Å². The van der Waals surface area contributed by atoms with Crippen LogP contribution in [0.4, 0.5) is 5.69 Å². The minimum atomic E-state index is 0.169. The summed E-state index contributed by atoms with van der Waals surface area (Å²) < 4.78 is 0. The molecule has 1 saturated heterocycles. The first kappa shape index (κ1) is 15.9. The molecule has 2 aromatic rings. The smallest absolute Gasteiger partial charge is 0.219 e. The van der Waals surface area contributed by atoms with Gasteiger partial charge in [-0.1, -0.05) is 41.9 Å². The fraction of sp³-hybridized carbons (Fsp3) is 0.316. The third-order valence-corrected chi connectivity index (χ3v) is 4.60. The number of rotatable bonds is 3. The van der Waals surface area contributed by atoms with Crippen LogP contribution in [0.15, 0.2) is 48.5 Å². The Morgan fingerprint density at radius 2 is 1.87 bits per heavy atom. The zero-order valence-corrected chi connectivity index (χ0v) is 14.0. The molecule has 0 atom stereocenters. The molecule has 1 aliphatic rings. The second-order valence-corrected chi connectivity index (χ2v) is 6.42. The Kier molecular flexibility index (Phi) is 4.87. The van der Waals surface area contributed by atoms with Crippen LogP contribution in [0.5, 0.6) is 0 Å². The van der Waals surface area contributed by atoms with Crippen LogP contribution in [0.2, 0.25) is 5.02 Å². The lowest BCUT2D eigenvalue weighted by Crippen LogP contribution is -2.41. The van der Waals surface area contributed by atoms with Crippen LogP contribution in [0.1, 0.15) is 19.8 Å². The summed E-state index contributed by atoms with van der Waals surface area (Å²) in [5.41, 5.74) is 3.39. The van der Waals surface area contributed by atoms with Crippen molar-refractivity contribution in [2.45, 2.75) is 25.8 Å². The van der Waals surface area contributed by atoms with Gasteiger partial charge in [0.05, 0.1) is 0 Å². The maximum Gasteiger partial charge on any atom is 0.219 e. The molecule has 1 fully saturated rings. The lowest BCUT2D eigenvalue weighted by atomic mass is 10.0. The molecule has 0 spiro atoms. The summed E-state index contributed by atoms with van der Waals surface area (Å²) in [4.78, 5) is 13.3. The first-order chi connectivity index (χ1) is 11.1. The van der Waals surface area contributed by atoms with Gasteiger partial charge in [0.25, 0.3) is 0 Å². The molecule has 4 heteroatoms. The molecule has 1 heterocycles. The zero-order valence-electron chi connectivity index (χ0n) is 13.3. The van der Waals surface area contributed by atoms with Gasteiger partial charge in [-0.25, -0.2) is 0 Å². The normalized spacial score (nSPS) is 15.5. The van der Waals surface area contributed by atoms with E-state index < -0.39 is 0 Å². The van der Waals surface area contributed by atoms with Gasteiger partial charge in [0.2, 0.25) is 5.91 Å². The van der Waals surface area contributed by atoms with Crippen molar-refractivity contribution in [3.63, 3.8) is 0 Å². The second kappa shape index (κ2) is 7.05. The molecule has 1 aliphatic heterocycles. The predicted molar refractivity (Wildman–Crippen MR) is 95.8 cm³/mol. The quantitative estimate of drug-likeness (QED) is 0.904. The first-order valence-electron chi connectivity index (χ1n) is 8.00. The van der Waals surface area contributed by atoms with Gasteiger partial charge in [-0.05, 0) is 36.6 Å². The van der Waals surface area contributed by atoms with E-state index in [-0.39, 0.29) is 5.91 Å². The molecule has 120 valence electrons. The largest absolute Gasteiger partial charge is 0.382 e. The van der Waals surface area contributed by atoms with Gasteiger partial charge in [-0.2, -0.15) is 0 Å². The Bertz CT molecular complexity index is 693. The Balaban J connectivity index is 1.76. The van der Waals surface area contributed by atoms with E-state index in [9.17, 15) is 4.79 Å². The van der Waals surface area contributed by atoms with Gasteiger partial charge in [0.1, 0.15) is 0 Å². The molecule has 0 bridgehead atoms. The third kappa shape index (κ3) is 3.85. The van der Waals surface area contributed by atoms with Crippen molar-refractivity contribution in [1.29, 1.82) is 0 Å². The molecular weight excluding hydrogens is 308 g/mol. The van der Waals surface area contributed by atoms with Gasteiger partial charge in [-0.3, -0.25) is 4.79 Å². The highest BCUT2D eigenvalue weighted by Gasteiger charge is 2.21. The fourth-order valence-corrected chi connectivity index (χ4v) is 3.27. The molecule has 1 N–H and O–H groups in total. The number of piperidine rings is 1. The van der Waals surface area contributed by atoms with Crippen molar-refractivity contribution < 1.29 is 4.79 Å². The van der Waals surface area contributed by atoms with Crippen LogP contribution in [0.3, 0.4) is 0 Å². The first-order valence-corrected chi connectivity index (χ1v) is 8.38. The summed E-state index contributed by atoms with van der Waals surface area (Å²) in [6.07, 6.45) is 1.95. The minimum Gasteiger partial charge on any atom is -0.382 e. The molecule has 2 aromatic carbocycles. The maximum atomic E-state index is 11.4. The SMILES string of the molecule is CC(=O)N1CCC(Nc2ccccc2-c2cccc(Cl)c2)CC1. The maximum absolute atomic E-state index is 11.4. The molecule has 0 aromatic heterocycles. The lowest BCUT2D eigenvalue weighted by Gasteiger charge is -2.32. The number of para-hydroxylation sites is 1. The number of carbonyl (C=O) groups excluding carboxylic acids is 1. The zero-order chi connectivity index (χ0) is 16.2. The van der Waals surface area contributed by atoms with E-state index in [0.717, 1.165) is 47.8 Å². The molecule has 1 amide bonds. The van der Waals surface area contributed by atoms with Crippen LogP contribution in [-0.2, 0) is 4.79 Å². The molecule has 0 aliphatic carbocycles. The molecule has 0 unspecified atom stereocenters. The van der Waals surface area contributed by atoms with Crippen LogP contribution in [0.25, 0.3) is 11.1 Å². The van der Waals surface area contributed by atoms with Crippen molar-refractivity contribution in [2.75, 3.05) is 18.4 Å². The topological polar surface area (TPSA) is 32.3 Å². The van der Waals surface area contributed by atoms with Crippen molar-refractivity contribution in [2.24, 2.45) is 0 Å². The Morgan fingerprint density at radius 3 is 2.57 bits per heavy atom. The van der Waals surface area contributed by atoms with E-state index in [1.54, 1.807) is 6.92 Å². The number of halogens is 1. The van der Waals surface area contributed by atoms with Gasteiger partial charge in [0.15, 0.2) is 0 Å². The Hall–Kier alpha value is -2.00. The van der Waals surface area contributed by atoms with E-state index in [1.165, 1.54) is 0 Å². The van der Waals surface area contributed by atoms with Crippen LogP contribution < -0.4 is 5.32 Å². The van der Waals surface area contributed by atoms with Gasteiger partial charge >= 0.3 is 0 Å². The van der Waals surface area contributed by atoms with Gasteiger partial charge in [-0.15, -0.1) is 0 Å². The van der Waals surface area contributed by atoms with Gasteiger partial charge in [0, 0.05) is 42.3 Å². The number of hydrogen-bond donors (Lipinski definition) is 1. The second-order valence-electron chi connectivity index (χ2n) is 5.98. The molecule has 3 nitrogen and oxygen atoms in total. The summed E-state index contributed by atoms with van der Waals surface area (Å²) in [7, 11) is 0. The summed E-state index contributed by atoms with van der Waals surface area (Å²) >= 11 is 6.13. The highest BCUT2D eigenvalue weighted by molar-refractivity contribution is 6.30. The third-order valence-electron chi connectivity index (χ3n) is 4.36. The Labute approximate surface area is 142 Å². The van der Waals surface area contributed by atoms with E-state index in [1.807, 2.05) is 35.2 Å². The number of hydrogen-bond acceptors (Lipinski definition) is 2. The standard InChI is InChI=1S/C19H21ClN2O/c1-14(23)22-11-9-17(10-12-22)21-19-8-3-2-7-18(19)15-5-4-6-16(20)13-15/h2-8,13,17,21H,9-12H2,1H3. The number of carbonyl (C=O) groups is 1. The van der Waals surface area contributed by atoms with Crippen molar-refractivity contribution >= 4 is 23.2 Å². The number of amides is 1. The number of nitrogens with one attached hydrogen (secondary N) is 1. The molecule has 0 radical (unpaired) electrons. The van der Waals surface area contributed by atoms with Gasteiger partial charge < -0.3 is 10.2 Å². The highest BCUT2D eigenvalue weighted by Crippen LogP contribution is 2.31.